The first-order chi connectivity index (χ1) is 19.0. The SMILES string of the molecule is CN(C)C1CN(c2nc(N3CCC4(CC3)CN(C(=O)OC(C)(C)C)C4)c3cc(I)c(Br)c(OCC(F)(F)F)c3n2)C1. The van der Waals surface area contributed by atoms with Crippen LogP contribution in [0.25, 0.3) is 10.9 Å². The number of ether oxygens (including phenoxy) is 2. The van der Waals surface area contributed by atoms with Gasteiger partial charge < -0.3 is 29.1 Å². The molecule has 3 saturated heterocycles. The van der Waals surface area contributed by atoms with Crippen molar-refractivity contribution >= 4 is 67.3 Å². The molecule has 14 heteroatoms. The molecule has 9 nitrogen and oxygen atoms in total. The maximum Gasteiger partial charge on any atom is 0.422 e. The molecule has 1 aromatic carbocycles. The highest BCUT2D eigenvalue weighted by Gasteiger charge is 2.48. The Labute approximate surface area is 260 Å². The first kappa shape index (κ1) is 30.6. The maximum atomic E-state index is 13.2. The molecule has 5 rings (SSSR count). The molecule has 0 saturated carbocycles. The number of carbonyl (C=O) groups excluding carboxylic acids is 1. The molecule has 2 aromatic rings. The minimum atomic E-state index is -4.49. The highest BCUT2D eigenvalue weighted by Crippen LogP contribution is 2.45. The molecule has 0 bridgehead atoms. The third-order valence-electron chi connectivity index (χ3n) is 7.89. The normalized spacial score (nSPS) is 19.5. The van der Waals surface area contributed by atoms with E-state index in [0.29, 0.717) is 62.9 Å². The van der Waals surface area contributed by atoms with Crippen molar-refractivity contribution < 1.29 is 27.4 Å². The van der Waals surface area contributed by atoms with Gasteiger partial charge in [0.15, 0.2) is 12.4 Å². The van der Waals surface area contributed by atoms with Crippen molar-refractivity contribution in [3.8, 4) is 5.75 Å². The molecule has 0 radical (unpaired) electrons. The summed E-state index contributed by atoms with van der Waals surface area (Å²) >= 11 is 5.53. The molecule has 1 spiro atoms. The summed E-state index contributed by atoms with van der Waals surface area (Å²) in [5.41, 5.74) is -0.143. The Morgan fingerprint density at radius 2 is 1.78 bits per heavy atom. The zero-order valence-electron chi connectivity index (χ0n) is 23.8. The molecule has 0 atom stereocenters. The monoisotopic (exact) mass is 754 g/mol. The summed E-state index contributed by atoms with van der Waals surface area (Å²) in [5.74, 6) is 1.24. The van der Waals surface area contributed by atoms with Gasteiger partial charge in [0.1, 0.15) is 16.9 Å². The van der Waals surface area contributed by atoms with Crippen molar-refractivity contribution in [2.45, 2.75) is 51.4 Å². The number of amides is 1. The summed E-state index contributed by atoms with van der Waals surface area (Å²) in [4.78, 5) is 30.3. The minimum absolute atomic E-state index is 0.0356. The Kier molecular flexibility index (Phi) is 8.25. The first-order valence-electron chi connectivity index (χ1n) is 13.6. The lowest BCUT2D eigenvalue weighted by molar-refractivity contribution is -0.153. The Bertz CT molecular complexity index is 1320. The molecule has 3 fully saturated rings. The third-order valence-corrected chi connectivity index (χ3v) is 10.3. The van der Waals surface area contributed by atoms with Gasteiger partial charge in [-0.25, -0.2) is 9.78 Å². The number of nitrogens with zero attached hydrogens (tertiary/aromatic N) is 6. The fourth-order valence-electron chi connectivity index (χ4n) is 5.50. The minimum Gasteiger partial charge on any atom is -0.481 e. The van der Waals surface area contributed by atoms with Crippen LogP contribution in [0.3, 0.4) is 0 Å². The number of hydrogen-bond acceptors (Lipinski definition) is 8. The van der Waals surface area contributed by atoms with Crippen molar-refractivity contribution in [3.05, 3.63) is 14.1 Å². The van der Waals surface area contributed by atoms with Gasteiger partial charge in [0.2, 0.25) is 5.95 Å². The van der Waals surface area contributed by atoms with Crippen LogP contribution in [0.15, 0.2) is 10.5 Å². The molecular weight excluding hydrogens is 720 g/mol. The van der Waals surface area contributed by atoms with E-state index in [4.69, 9.17) is 19.4 Å². The predicted molar refractivity (Wildman–Crippen MR) is 163 cm³/mol. The highest BCUT2D eigenvalue weighted by molar-refractivity contribution is 14.1. The summed E-state index contributed by atoms with van der Waals surface area (Å²) in [6.45, 7) is 8.36. The average Bonchev–Trinajstić information content (AvgIpc) is 2.80. The molecule has 1 aromatic heterocycles. The van der Waals surface area contributed by atoms with E-state index in [9.17, 15) is 18.0 Å². The number of alkyl halides is 3. The van der Waals surface area contributed by atoms with Crippen LogP contribution in [0.4, 0.5) is 29.7 Å². The molecule has 4 heterocycles. The number of halogens is 5. The smallest absolute Gasteiger partial charge is 0.422 e. The fraction of sp³-hybridized carbons (Fsp3) is 0.667. The van der Waals surface area contributed by atoms with Gasteiger partial charge in [-0.1, -0.05) is 0 Å². The highest BCUT2D eigenvalue weighted by atomic mass is 127. The second-order valence-corrected chi connectivity index (χ2v) is 14.4. The molecule has 0 aliphatic carbocycles. The lowest BCUT2D eigenvalue weighted by Gasteiger charge is -2.53. The zero-order chi connectivity index (χ0) is 29.9. The van der Waals surface area contributed by atoms with Gasteiger partial charge >= 0.3 is 12.3 Å². The number of aromatic nitrogens is 2. The molecule has 0 unspecified atom stereocenters. The predicted octanol–water partition coefficient (Wildman–Crippen LogP) is 5.53. The summed E-state index contributed by atoms with van der Waals surface area (Å²) in [6.07, 6.45) is -3.04. The van der Waals surface area contributed by atoms with Crippen LogP contribution in [0, 0.1) is 8.99 Å². The fourth-order valence-corrected chi connectivity index (χ4v) is 6.47. The van der Waals surface area contributed by atoms with Crippen LogP contribution in [0.2, 0.25) is 0 Å². The Balaban J connectivity index is 1.42. The van der Waals surface area contributed by atoms with Gasteiger partial charge in [-0.05, 0) is 92.3 Å². The van der Waals surface area contributed by atoms with Crippen molar-refractivity contribution in [1.82, 2.24) is 19.8 Å². The average molecular weight is 755 g/mol. The van der Waals surface area contributed by atoms with E-state index < -0.39 is 18.4 Å². The van der Waals surface area contributed by atoms with Gasteiger partial charge in [-0.15, -0.1) is 0 Å². The van der Waals surface area contributed by atoms with E-state index in [0.717, 1.165) is 25.9 Å². The maximum absolute atomic E-state index is 13.2. The Morgan fingerprint density at radius 3 is 2.34 bits per heavy atom. The Hall–Kier alpha value is -1.81. The molecule has 3 aliphatic heterocycles. The van der Waals surface area contributed by atoms with Crippen LogP contribution in [-0.4, -0.2) is 104 Å². The van der Waals surface area contributed by atoms with Crippen LogP contribution >= 0.6 is 38.5 Å². The summed E-state index contributed by atoms with van der Waals surface area (Å²) in [5, 5.41) is 0.656. The number of piperidine rings is 1. The summed E-state index contributed by atoms with van der Waals surface area (Å²) in [6, 6.07) is 2.25. The van der Waals surface area contributed by atoms with Gasteiger partial charge in [0, 0.05) is 59.7 Å². The second-order valence-electron chi connectivity index (χ2n) is 12.5. The molecule has 41 heavy (non-hydrogen) atoms. The number of benzene rings is 1. The van der Waals surface area contributed by atoms with Crippen molar-refractivity contribution in [2.24, 2.45) is 5.41 Å². The zero-order valence-corrected chi connectivity index (χ0v) is 27.6. The van der Waals surface area contributed by atoms with Gasteiger partial charge in [0.05, 0.1) is 4.47 Å². The number of likely N-dealkylation sites (tertiary alicyclic amines) is 1. The molecule has 3 aliphatic rings. The molecule has 0 N–H and O–H groups in total. The number of anilines is 2. The second kappa shape index (κ2) is 11.0. The quantitative estimate of drug-likeness (QED) is 0.370. The number of carbonyl (C=O) groups is 1. The van der Waals surface area contributed by atoms with Gasteiger partial charge in [0.25, 0.3) is 0 Å². The largest absolute Gasteiger partial charge is 0.481 e. The molecule has 1 amide bonds. The topological polar surface area (TPSA) is 74.3 Å². The lowest BCUT2D eigenvalue weighted by Crippen LogP contribution is -2.62. The number of likely N-dealkylation sites (N-methyl/N-ethyl adjacent to an activating group) is 1. The summed E-state index contributed by atoms with van der Waals surface area (Å²) < 4.78 is 51.6. The van der Waals surface area contributed by atoms with E-state index >= 15 is 0 Å². The van der Waals surface area contributed by atoms with Gasteiger partial charge in [-0.2, -0.15) is 18.2 Å². The van der Waals surface area contributed by atoms with Crippen molar-refractivity contribution in [3.63, 3.8) is 0 Å². The van der Waals surface area contributed by atoms with Crippen molar-refractivity contribution in [1.29, 1.82) is 0 Å². The third kappa shape index (κ3) is 6.58. The van der Waals surface area contributed by atoms with Crippen LogP contribution in [0.1, 0.15) is 33.6 Å². The van der Waals surface area contributed by atoms with E-state index in [2.05, 4.69) is 48.3 Å². The standard InChI is InChI=1S/C27H35BrF3IN6O3/c1-25(2,3)41-24(39)38-13-26(14-38)6-8-36(9-7-26)22-17-10-18(32)19(28)21(40-15-27(29,30)31)20(17)33-23(34-22)37-11-16(12-37)35(4)5/h10,16H,6-9,11-15H2,1-5H3. The summed E-state index contributed by atoms with van der Waals surface area (Å²) in [7, 11) is 4.04. The molecule has 226 valence electrons. The Morgan fingerprint density at radius 1 is 1.15 bits per heavy atom. The van der Waals surface area contributed by atoms with Crippen molar-refractivity contribution in [2.75, 3.05) is 69.8 Å². The first-order valence-corrected chi connectivity index (χ1v) is 15.4. The van der Waals surface area contributed by atoms with Crippen LogP contribution < -0.4 is 14.5 Å². The number of rotatable bonds is 5. The van der Waals surface area contributed by atoms with Gasteiger partial charge in [-0.3, -0.25) is 0 Å². The van der Waals surface area contributed by atoms with E-state index in [1.54, 1.807) is 4.90 Å². The lowest BCUT2D eigenvalue weighted by atomic mass is 9.72. The van der Waals surface area contributed by atoms with E-state index in [1.807, 2.05) is 45.8 Å². The molecular formula is C27H35BrF3IN6O3. The van der Waals surface area contributed by atoms with Crippen LogP contribution in [0.5, 0.6) is 5.75 Å². The van der Waals surface area contributed by atoms with E-state index in [1.165, 1.54) is 0 Å². The number of hydrogen-bond donors (Lipinski definition) is 0. The number of fused-ring (bicyclic) bond motifs is 1. The van der Waals surface area contributed by atoms with E-state index in [-0.39, 0.29) is 17.3 Å². The van der Waals surface area contributed by atoms with Crippen LogP contribution in [-0.2, 0) is 4.74 Å².